The number of anilines is 1. The Hall–Kier alpha value is -3.85. The number of hydrogen-bond donors (Lipinski definition) is 1. The molecule has 1 atom stereocenters. The van der Waals surface area contributed by atoms with E-state index in [0.29, 0.717) is 18.0 Å². The van der Waals surface area contributed by atoms with Crippen molar-refractivity contribution >= 4 is 27.5 Å². The number of rotatable bonds is 12. The third-order valence-electron chi connectivity index (χ3n) is 6.07. The molecule has 0 heterocycles. The van der Waals surface area contributed by atoms with Crippen LogP contribution in [0.5, 0.6) is 5.75 Å². The summed E-state index contributed by atoms with van der Waals surface area (Å²) in [5, 5.41) is 2.67. The van der Waals surface area contributed by atoms with E-state index >= 15 is 0 Å². The second kappa shape index (κ2) is 13.1. The highest BCUT2D eigenvalue weighted by molar-refractivity contribution is 7.92. The Balaban J connectivity index is 2.00. The summed E-state index contributed by atoms with van der Waals surface area (Å²) in [6.07, 6.45) is 1.34. The fourth-order valence-corrected chi connectivity index (χ4v) is 5.07. The fourth-order valence-electron chi connectivity index (χ4n) is 4.22. The highest BCUT2D eigenvalue weighted by Gasteiger charge is 2.32. The van der Waals surface area contributed by atoms with Crippen LogP contribution in [0.3, 0.4) is 0 Å². The van der Waals surface area contributed by atoms with Crippen LogP contribution in [-0.2, 0) is 32.6 Å². The van der Waals surface area contributed by atoms with Gasteiger partial charge in [0.25, 0.3) is 0 Å². The number of nitrogens with one attached hydrogen (secondary N) is 1. The largest absolute Gasteiger partial charge is 0.494 e. The molecule has 0 spiro atoms. The van der Waals surface area contributed by atoms with E-state index in [4.69, 9.17) is 4.74 Å². The number of nitrogens with zero attached hydrogens (tertiary/aromatic N) is 2. The number of ether oxygens (including phenoxy) is 1. The molecule has 202 valence electrons. The molecule has 38 heavy (non-hydrogen) atoms. The molecule has 0 aliphatic rings. The van der Waals surface area contributed by atoms with Gasteiger partial charge in [0.2, 0.25) is 21.8 Å². The molecule has 0 radical (unpaired) electrons. The topological polar surface area (TPSA) is 96.0 Å². The van der Waals surface area contributed by atoms with Crippen molar-refractivity contribution < 1.29 is 22.7 Å². The van der Waals surface area contributed by atoms with Gasteiger partial charge in [0, 0.05) is 20.0 Å². The quantitative estimate of drug-likeness (QED) is 0.381. The van der Waals surface area contributed by atoms with E-state index in [0.717, 1.165) is 27.3 Å². The maximum atomic E-state index is 13.9. The third kappa shape index (κ3) is 7.82. The SMILES string of the molecule is CCOc1ccc(N(CC(=O)N(Cc2cccc(C)c2)[C@H](Cc2ccccc2)C(=O)NC)S(C)(=O)=O)cc1. The molecule has 9 heteroatoms. The first-order chi connectivity index (χ1) is 18.1. The zero-order chi connectivity index (χ0) is 27.7. The van der Waals surface area contributed by atoms with Crippen molar-refractivity contribution in [3.05, 3.63) is 95.6 Å². The van der Waals surface area contributed by atoms with Crippen molar-refractivity contribution in [1.82, 2.24) is 10.2 Å². The van der Waals surface area contributed by atoms with Crippen LogP contribution in [0.2, 0.25) is 0 Å². The maximum Gasteiger partial charge on any atom is 0.244 e. The lowest BCUT2D eigenvalue weighted by Gasteiger charge is -2.33. The lowest BCUT2D eigenvalue weighted by Crippen LogP contribution is -2.52. The molecule has 8 nitrogen and oxygen atoms in total. The number of benzene rings is 3. The van der Waals surface area contributed by atoms with E-state index in [1.54, 1.807) is 24.3 Å². The molecule has 0 aromatic heterocycles. The van der Waals surface area contributed by atoms with Crippen LogP contribution in [0, 0.1) is 6.92 Å². The summed E-state index contributed by atoms with van der Waals surface area (Å²) in [7, 11) is -2.29. The van der Waals surface area contributed by atoms with Gasteiger partial charge in [-0.25, -0.2) is 8.42 Å². The number of carbonyl (C=O) groups excluding carboxylic acids is 2. The van der Waals surface area contributed by atoms with Crippen LogP contribution < -0.4 is 14.4 Å². The number of aryl methyl sites for hydroxylation is 1. The van der Waals surface area contributed by atoms with Crippen molar-refractivity contribution in [3.8, 4) is 5.75 Å². The molecule has 3 aromatic rings. The Kier molecular flexibility index (Phi) is 9.90. The molecular formula is C29H35N3O5S. The summed E-state index contributed by atoms with van der Waals surface area (Å²) in [5.41, 5.74) is 3.07. The monoisotopic (exact) mass is 537 g/mol. The Morgan fingerprint density at radius 2 is 1.61 bits per heavy atom. The molecule has 0 fully saturated rings. The van der Waals surface area contributed by atoms with Gasteiger partial charge < -0.3 is 15.0 Å². The normalized spacial score (nSPS) is 11.9. The molecular weight excluding hydrogens is 502 g/mol. The van der Waals surface area contributed by atoms with Crippen molar-refractivity contribution in [2.75, 3.05) is 30.8 Å². The van der Waals surface area contributed by atoms with Crippen molar-refractivity contribution in [2.45, 2.75) is 32.9 Å². The summed E-state index contributed by atoms with van der Waals surface area (Å²) in [6.45, 7) is 3.97. The first kappa shape index (κ1) is 28.7. The van der Waals surface area contributed by atoms with E-state index in [2.05, 4.69) is 5.32 Å². The van der Waals surface area contributed by atoms with Crippen LogP contribution in [0.4, 0.5) is 5.69 Å². The number of sulfonamides is 1. The van der Waals surface area contributed by atoms with E-state index in [1.165, 1.54) is 11.9 Å². The molecule has 3 aromatic carbocycles. The predicted octanol–water partition coefficient (Wildman–Crippen LogP) is 3.55. The zero-order valence-electron chi connectivity index (χ0n) is 22.3. The van der Waals surface area contributed by atoms with Gasteiger partial charge in [0.1, 0.15) is 18.3 Å². The van der Waals surface area contributed by atoms with Crippen LogP contribution >= 0.6 is 0 Å². The summed E-state index contributed by atoms with van der Waals surface area (Å²) < 4.78 is 32.1. The lowest BCUT2D eigenvalue weighted by atomic mass is 10.0. The smallest absolute Gasteiger partial charge is 0.244 e. The predicted molar refractivity (Wildman–Crippen MR) is 150 cm³/mol. The third-order valence-corrected chi connectivity index (χ3v) is 7.21. The van der Waals surface area contributed by atoms with E-state index < -0.39 is 28.5 Å². The molecule has 2 amide bonds. The van der Waals surface area contributed by atoms with E-state index in [1.807, 2.05) is 68.4 Å². The lowest BCUT2D eigenvalue weighted by molar-refractivity contribution is -0.139. The first-order valence-corrected chi connectivity index (χ1v) is 14.3. The van der Waals surface area contributed by atoms with E-state index in [9.17, 15) is 18.0 Å². The van der Waals surface area contributed by atoms with Crippen LogP contribution in [0.1, 0.15) is 23.6 Å². The minimum Gasteiger partial charge on any atom is -0.494 e. The molecule has 3 rings (SSSR count). The fraction of sp³-hybridized carbons (Fsp3) is 0.310. The molecule has 0 bridgehead atoms. The number of likely N-dealkylation sites (N-methyl/N-ethyl adjacent to an activating group) is 1. The Labute approximate surface area is 225 Å². The van der Waals surface area contributed by atoms with Crippen molar-refractivity contribution in [3.63, 3.8) is 0 Å². The first-order valence-electron chi connectivity index (χ1n) is 12.4. The number of hydrogen-bond acceptors (Lipinski definition) is 5. The van der Waals surface area contributed by atoms with Gasteiger partial charge in [-0.3, -0.25) is 13.9 Å². The Morgan fingerprint density at radius 3 is 2.18 bits per heavy atom. The van der Waals surface area contributed by atoms with E-state index in [-0.39, 0.29) is 18.9 Å². The molecule has 0 aliphatic carbocycles. The van der Waals surface area contributed by atoms with Gasteiger partial charge in [-0.2, -0.15) is 0 Å². The van der Waals surface area contributed by atoms with Crippen molar-refractivity contribution in [2.24, 2.45) is 0 Å². The minimum atomic E-state index is -3.82. The van der Waals surface area contributed by atoms with Crippen molar-refractivity contribution in [1.29, 1.82) is 0 Å². The van der Waals surface area contributed by atoms with Gasteiger partial charge in [-0.1, -0.05) is 60.2 Å². The molecule has 0 aliphatic heterocycles. The molecule has 0 saturated heterocycles. The minimum absolute atomic E-state index is 0.145. The Bertz CT molecular complexity index is 1330. The summed E-state index contributed by atoms with van der Waals surface area (Å²) >= 11 is 0. The second-order valence-electron chi connectivity index (χ2n) is 9.03. The summed E-state index contributed by atoms with van der Waals surface area (Å²) in [5.74, 6) is -0.225. The molecule has 0 saturated carbocycles. The van der Waals surface area contributed by atoms with Crippen LogP contribution in [0.15, 0.2) is 78.9 Å². The highest BCUT2D eigenvalue weighted by atomic mass is 32.2. The average molecular weight is 538 g/mol. The number of carbonyl (C=O) groups is 2. The molecule has 1 N–H and O–H groups in total. The highest BCUT2D eigenvalue weighted by Crippen LogP contribution is 2.23. The van der Waals surface area contributed by atoms with Gasteiger partial charge >= 0.3 is 0 Å². The second-order valence-corrected chi connectivity index (χ2v) is 10.9. The van der Waals surface area contributed by atoms with Gasteiger partial charge in [-0.15, -0.1) is 0 Å². The van der Waals surface area contributed by atoms with Crippen LogP contribution in [-0.4, -0.2) is 57.6 Å². The number of amides is 2. The Morgan fingerprint density at radius 1 is 0.947 bits per heavy atom. The zero-order valence-corrected chi connectivity index (χ0v) is 23.1. The molecule has 0 unspecified atom stereocenters. The van der Waals surface area contributed by atoms with Gasteiger partial charge in [-0.05, 0) is 49.2 Å². The standard InChI is InChI=1S/C29H35N3O5S/c1-5-37-26-16-14-25(15-17-26)32(38(4,35)36)21-28(33)31(20-24-13-9-10-22(2)18-24)27(29(34)30-3)19-23-11-7-6-8-12-23/h6-18,27H,5,19-21H2,1-4H3,(H,30,34)/t27-/m1/s1. The maximum absolute atomic E-state index is 13.9. The summed E-state index contributed by atoms with van der Waals surface area (Å²) in [4.78, 5) is 28.5. The summed E-state index contributed by atoms with van der Waals surface area (Å²) in [6, 6.07) is 22.8. The van der Waals surface area contributed by atoms with Crippen LogP contribution in [0.25, 0.3) is 0 Å². The van der Waals surface area contributed by atoms with Gasteiger partial charge in [0.15, 0.2) is 0 Å². The van der Waals surface area contributed by atoms with Gasteiger partial charge in [0.05, 0.1) is 18.6 Å². The average Bonchev–Trinajstić information content (AvgIpc) is 2.89.